The summed E-state index contributed by atoms with van der Waals surface area (Å²) in [6.45, 7) is 6.71. The van der Waals surface area contributed by atoms with E-state index in [9.17, 15) is 9.59 Å². The van der Waals surface area contributed by atoms with Crippen molar-refractivity contribution in [3.8, 4) is 0 Å². The Kier molecular flexibility index (Phi) is 5.70. The van der Waals surface area contributed by atoms with Crippen LogP contribution in [0.4, 0.5) is 0 Å². The van der Waals surface area contributed by atoms with Gasteiger partial charge in [-0.05, 0) is 59.6 Å². The maximum atomic E-state index is 12.8. The first-order chi connectivity index (χ1) is 14.0. The molecule has 0 aromatic heterocycles. The van der Waals surface area contributed by atoms with Crippen LogP contribution in [0.1, 0.15) is 58.8 Å². The van der Waals surface area contributed by atoms with Crippen molar-refractivity contribution in [3.63, 3.8) is 0 Å². The first-order valence-electron chi connectivity index (χ1n) is 10.8. The number of hydrogen-bond donors (Lipinski definition) is 0. The van der Waals surface area contributed by atoms with Crippen molar-refractivity contribution >= 4 is 11.8 Å². The van der Waals surface area contributed by atoms with E-state index in [2.05, 4.69) is 32.0 Å². The van der Waals surface area contributed by atoms with Gasteiger partial charge in [0.1, 0.15) is 0 Å². The fourth-order valence-corrected chi connectivity index (χ4v) is 4.37. The lowest BCUT2D eigenvalue weighted by molar-refractivity contribution is -0.131. The number of fused-ring (bicyclic) bond motifs is 1. The number of hydrogen-bond acceptors (Lipinski definition) is 2. The van der Waals surface area contributed by atoms with E-state index in [-0.39, 0.29) is 11.8 Å². The van der Waals surface area contributed by atoms with Gasteiger partial charge in [-0.15, -0.1) is 0 Å². The molecule has 2 aromatic rings. The summed E-state index contributed by atoms with van der Waals surface area (Å²) in [5, 5.41) is 0. The topological polar surface area (TPSA) is 40.6 Å². The van der Waals surface area contributed by atoms with Gasteiger partial charge in [-0.2, -0.15) is 0 Å². The number of nitrogens with zero attached hydrogens (tertiary/aromatic N) is 2. The molecule has 0 N–H and O–H groups in total. The Balaban J connectivity index is 1.31. The average Bonchev–Trinajstić information content (AvgIpc) is 3.21. The molecule has 2 amide bonds. The van der Waals surface area contributed by atoms with Crippen LogP contribution in [-0.4, -0.2) is 47.8 Å². The summed E-state index contributed by atoms with van der Waals surface area (Å²) in [5.74, 6) is 0.682. The van der Waals surface area contributed by atoms with E-state index in [1.54, 1.807) is 0 Å². The van der Waals surface area contributed by atoms with Crippen molar-refractivity contribution < 1.29 is 9.59 Å². The molecular formula is C25H30N2O2. The molecule has 1 saturated heterocycles. The Morgan fingerprint density at radius 1 is 0.862 bits per heavy atom. The molecule has 29 heavy (non-hydrogen) atoms. The van der Waals surface area contributed by atoms with Crippen molar-refractivity contribution in [2.75, 3.05) is 26.2 Å². The van der Waals surface area contributed by atoms with E-state index >= 15 is 0 Å². The minimum Gasteiger partial charge on any atom is -0.339 e. The molecule has 4 heteroatoms. The predicted octanol–water partition coefficient (Wildman–Crippen LogP) is 3.83. The van der Waals surface area contributed by atoms with Crippen LogP contribution in [0.3, 0.4) is 0 Å². The van der Waals surface area contributed by atoms with E-state index < -0.39 is 0 Å². The molecule has 0 spiro atoms. The maximum absolute atomic E-state index is 12.8. The lowest BCUT2D eigenvalue weighted by atomic mass is 10.0. The largest absolute Gasteiger partial charge is 0.339 e. The fraction of sp³-hybridized carbons (Fsp3) is 0.440. The van der Waals surface area contributed by atoms with Gasteiger partial charge < -0.3 is 9.80 Å². The van der Waals surface area contributed by atoms with E-state index in [0.29, 0.717) is 38.5 Å². The maximum Gasteiger partial charge on any atom is 0.253 e. The first kappa shape index (κ1) is 19.7. The van der Waals surface area contributed by atoms with Crippen molar-refractivity contribution in [2.45, 2.75) is 45.4 Å². The van der Waals surface area contributed by atoms with E-state index in [1.807, 2.05) is 34.1 Å². The van der Waals surface area contributed by atoms with Crippen molar-refractivity contribution in [1.82, 2.24) is 9.80 Å². The lowest BCUT2D eigenvalue weighted by Gasteiger charge is -2.35. The van der Waals surface area contributed by atoms with E-state index in [0.717, 1.165) is 17.5 Å². The number of rotatable bonds is 4. The zero-order chi connectivity index (χ0) is 20.4. The Labute approximate surface area is 173 Å². The van der Waals surface area contributed by atoms with Gasteiger partial charge in [0.2, 0.25) is 5.91 Å². The Morgan fingerprint density at radius 3 is 2.21 bits per heavy atom. The number of amides is 2. The molecule has 0 radical (unpaired) electrons. The third-order valence-corrected chi connectivity index (χ3v) is 6.26. The predicted molar refractivity (Wildman–Crippen MR) is 115 cm³/mol. The monoisotopic (exact) mass is 390 g/mol. The van der Waals surface area contributed by atoms with Crippen molar-refractivity contribution in [3.05, 3.63) is 70.3 Å². The Bertz CT molecular complexity index is 894. The van der Waals surface area contributed by atoms with Gasteiger partial charge in [0.15, 0.2) is 0 Å². The lowest BCUT2D eigenvalue weighted by Crippen LogP contribution is -2.51. The highest BCUT2D eigenvalue weighted by molar-refractivity contribution is 5.94. The second kappa shape index (κ2) is 8.40. The van der Waals surface area contributed by atoms with Crippen molar-refractivity contribution in [1.29, 1.82) is 0 Å². The van der Waals surface area contributed by atoms with Gasteiger partial charge >= 0.3 is 0 Å². The summed E-state index contributed by atoms with van der Waals surface area (Å²) in [6, 6.07) is 14.4. The summed E-state index contributed by atoms with van der Waals surface area (Å²) in [5.41, 5.74) is 5.93. The van der Waals surface area contributed by atoms with Crippen molar-refractivity contribution in [2.24, 2.45) is 0 Å². The fourth-order valence-electron chi connectivity index (χ4n) is 4.37. The van der Waals surface area contributed by atoms with Gasteiger partial charge in [0.25, 0.3) is 5.91 Å². The summed E-state index contributed by atoms with van der Waals surface area (Å²) in [4.78, 5) is 29.3. The number of piperazine rings is 1. The number of benzene rings is 2. The zero-order valence-electron chi connectivity index (χ0n) is 17.5. The molecule has 1 fully saturated rings. The van der Waals surface area contributed by atoms with Gasteiger partial charge in [-0.1, -0.05) is 44.2 Å². The third-order valence-electron chi connectivity index (χ3n) is 6.26. The summed E-state index contributed by atoms with van der Waals surface area (Å²) < 4.78 is 0. The van der Waals surface area contributed by atoms with Crippen LogP contribution in [-0.2, 0) is 24.1 Å². The molecule has 0 unspecified atom stereocenters. The second-order valence-corrected chi connectivity index (χ2v) is 8.58. The number of aryl methyl sites for hydroxylation is 2. The Morgan fingerprint density at radius 2 is 1.52 bits per heavy atom. The SMILES string of the molecule is CC(C)c1ccc(C(=O)N2CCN(C(=O)Cc3ccc4c(c3)CCC4)CC2)cc1. The van der Waals surface area contributed by atoms with Crippen LogP contribution < -0.4 is 0 Å². The molecule has 4 nitrogen and oxygen atoms in total. The molecule has 2 aliphatic rings. The van der Waals surface area contributed by atoms with Gasteiger partial charge in [0, 0.05) is 31.7 Å². The molecule has 152 valence electrons. The van der Waals surface area contributed by atoms with E-state index in [4.69, 9.17) is 0 Å². The van der Waals surface area contributed by atoms with Gasteiger partial charge in [0.05, 0.1) is 6.42 Å². The standard InChI is InChI=1S/C25H30N2O2/c1-18(2)20-8-10-22(11-9-20)25(29)27-14-12-26(13-15-27)24(28)17-19-6-7-21-4-3-5-23(21)16-19/h6-11,16,18H,3-5,12-15,17H2,1-2H3. The van der Waals surface area contributed by atoms with Crippen LogP contribution in [0.2, 0.25) is 0 Å². The molecule has 2 aromatic carbocycles. The normalized spacial score (nSPS) is 16.2. The highest BCUT2D eigenvalue weighted by Gasteiger charge is 2.25. The molecule has 1 aliphatic carbocycles. The van der Waals surface area contributed by atoms with Gasteiger partial charge in [-0.25, -0.2) is 0 Å². The van der Waals surface area contributed by atoms with Gasteiger partial charge in [-0.3, -0.25) is 9.59 Å². The Hall–Kier alpha value is -2.62. The smallest absolute Gasteiger partial charge is 0.253 e. The molecule has 0 bridgehead atoms. The third kappa shape index (κ3) is 4.36. The highest BCUT2D eigenvalue weighted by atomic mass is 16.2. The molecule has 1 aliphatic heterocycles. The number of carbonyl (C=O) groups is 2. The second-order valence-electron chi connectivity index (χ2n) is 8.58. The average molecular weight is 391 g/mol. The summed E-state index contributed by atoms with van der Waals surface area (Å²) in [7, 11) is 0. The van der Waals surface area contributed by atoms with E-state index in [1.165, 1.54) is 29.5 Å². The quantitative estimate of drug-likeness (QED) is 0.796. The summed E-state index contributed by atoms with van der Waals surface area (Å²) >= 11 is 0. The van der Waals surface area contributed by atoms with Crippen LogP contribution >= 0.6 is 0 Å². The van der Waals surface area contributed by atoms with Crippen LogP contribution in [0.5, 0.6) is 0 Å². The highest BCUT2D eigenvalue weighted by Crippen LogP contribution is 2.23. The number of carbonyl (C=O) groups excluding carboxylic acids is 2. The summed E-state index contributed by atoms with van der Waals surface area (Å²) in [6.07, 6.45) is 3.98. The van der Waals surface area contributed by atoms with Crippen LogP contribution in [0, 0.1) is 0 Å². The molecule has 4 rings (SSSR count). The molecule has 1 heterocycles. The molecule has 0 atom stereocenters. The zero-order valence-corrected chi connectivity index (χ0v) is 17.5. The first-order valence-corrected chi connectivity index (χ1v) is 10.8. The minimum atomic E-state index is 0.0611. The molecule has 0 saturated carbocycles. The molecular weight excluding hydrogens is 360 g/mol. The minimum absolute atomic E-state index is 0.0611. The van der Waals surface area contributed by atoms with Crippen LogP contribution in [0.25, 0.3) is 0 Å². The van der Waals surface area contributed by atoms with Crippen LogP contribution in [0.15, 0.2) is 42.5 Å².